The van der Waals surface area contributed by atoms with E-state index in [1.807, 2.05) is 48.5 Å². The summed E-state index contributed by atoms with van der Waals surface area (Å²) < 4.78 is 39.6. The van der Waals surface area contributed by atoms with Gasteiger partial charge in [-0.2, -0.15) is 4.31 Å². The number of carbonyl (C=O) groups excluding carboxylic acids is 1. The summed E-state index contributed by atoms with van der Waals surface area (Å²) in [6.07, 6.45) is 2.34. The molecule has 4 aliphatic heterocycles. The molecule has 3 atom stereocenters. The Morgan fingerprint density at radius 1 is 0.909 bits per heavy atom. The lowest BCUT2D eigenvalue weighted by atomic mass is 9.86. The van der Waals surface area contributed by atoms with E-state index in [2.05, 4.69) is 10.2 Å². The van der Waals surface area contributed by atoms with Crippen molar-refractivity contribution in [3.63, 3.8) is 0 Å². The second-order valence-electron chi connectivity index (χ2n) is 11.7. The topological polar surface area (TPSA) is 125 Å². The van der Waals surface area contributed by atoms with Gasteiger partial charge in [-0.3, -0.25) is 9.69 Å². The molecule has 4 fully saturated rings. The van der Waals surface area contributed by atoms with Crippen molar-refractivity contribution in [1.82, 2.24) is 14.5 Å². The number of amides is 1. The molecule has 2 N–H and O–H groups in total. The van der Waals surface area contributed by atoms with Crippen LogP contribution in [0.25, 0.3) is 0 Å². The predicted octanol–water partition coefficient (Wildman–Crippen LogP) is 4.41. The summed E-state index contributed by atoms with van der Waals surface area (Å²) in [7, 11) is -3.97. The van der Waals surface area contributed by atoms with Crippen LogP contribution in [0.5, 0.6) is 5.75 Å². The largest absolute Gasteiger partial charge is 0.489 e. The number of piperidine rings is 3. The molecule has 44 heavy (non-hydrogen) atoms. The van der Waals surface area contributed by atoms with Gasteiger partial charge >= 0.3 is 12.1 Å². The van der Waals surface area contributed by atoms with Crippen molar-refractivity contribution < 1.29 is 32.6 Å². The highest BCUT2D eigenvalue weighted by Crippen LogP contribution is 2.31. The molecule has 0 radical (unpaired) electrons. The number of carboxylic acid groups (broad SMARTS) is 1. The number of sulfonamides is 1. The average molecular weight is 620 g/mol. The Hall–Kier alpha value is -3.93. The first-order chi connectivity index (χ1) is 21.3. The van der Waals surface area contributed by atoms with Crippen LogP contribution >= 0.6 is 0 Å². The van der Waals surface area contributed by atoms with E-state index in [-0.39, 0.29) is 24.2 Å². The molecule has 0 unspecified atom stereocenters. The molecule has 7 rings (SSSR count). The van der Waals surface area contributed by atoms with Crippen LogP contribution in [0, 0.1) is 5.92 Å². The summed E-state index contributed by atoms with van der Waals surface area (Å²) in [5.41, 5.74) is 2.33. The number of benzene rings is 3. The smallest absolute Gasteiger partial charge is 0.408 e. The molecule has 1 amide bonds. The van der Waals surface area contributed by atoms with Crippen molar-refractivity contribution >= 4 is 22.1 Å². The monoisotopic (exact) mass is 619 g/mol. The van der Waals surface area contributed by atoms with E-state index >= 15 is 0 Å². The number of nitrogens with one attached hydrogen (secondary N) is 1. The molecule has 232 valence electrons. The Morgan fingerprint density at radius 3 is 2.39 bits per heavy atom. The molecule has 4 aliphatic rings. The fourth-order valence-electron chi connectivity index (χ4n) is 6.49. The van der Waals surface area contributed by atoms with E-state index in [0.717, 1.165) is 47.9 Å². The third kappa shape index (κ3) is 6.59. The van der Waals surface area contributed by atoms with E-state index in [1.165, 1.54) is 12.1 Å². The van der Waals surface area contributed by atoms with Crippen molar-refractivity contribution in [2.75, 3.05) is 26.2 Å². The summed E-state index contributed by atoms with van der Waals surface area (Å²) >= 11 is 0. The molecule has 11 heteroatoms. The number of nitrogens with zero attached hydrogens (tertiary/aromatic N) is 2. The van der Waals surface area contributed by atoms with Gasteiger partial charge in [0, 0.05) is 13.1 Å². The number of ether oxygens (including phenoxy) is 2. The van der Waals surface area contributed by atoms with Gasteiger partial charge in [0.25, 0.3) is 0 Å². The number of carbonyl (C=O) groups is 2. The minimum atomic E-state index is -3.97. The van der Waals surface area contributed by atoms with Crippen LogP contribution in [0.3, 0.4) is 0 Å². The van der Waals surface area contributed by atoms with Crippen molar-refractivity contribution in [3.8, 4) is 5.75 Å². The van der Waals surface area contributed by atoms with Gasteiger partial charge in [0.15, 0.2) is 0 Å². The molecule has 0 aliphatic carbocycles. The summed E-state index contributed by atoms with van der Waals surface area (Å²) in [6.45, 7) is 3.18. The summed E-state index contributed by atoms with van der Waals surface area (Å²) in [6, 6.07) is 22.0. The lowest BCUT2D eigenvalue weighted by Crippen LogP contribution is -2.52. The summed E-state index contributed by atoms with van der Waals surface area (Å²) in [5, 5.41) is 12.6. The first-order valence-electron chi connectivity index (χ1n) is 15.1. The van der Waals surface area contributed by atoms with Crippen molar-refractivity contribution in [1.29, 1.82) is 0 Å². The fraction of sp³-hybridized carbons (Fsp3) is 0.394. The van der Waals surface area contributed by atoms with Crippen LogP contribution in [0.15, 0.2) is 83.8 Å². The SMILES string of the molecule is O=C(N[C@@H](c1ccccc1)c1cccc(OCc2cccc(S(=O)(=O)N3CCC[C@H]3C(=O)O)c2)c1)O[C@H]1CN2CCC1CC2. The Kier molecular flexibility index (Phi) is 8.88. The second kappa shape index (κ2) is 13.0. The lowest BCUT2D eigenvalue weighted by molar-refractivity contribution is -0.140. The van der Waals surface area contributed by atoms with Crippen molar-refractivity contribution in [2.24, 2.45) is 5.92 Å². The molecular formula is C33H37N3O7S. The van der Waals surface area contributed by atoms with E-state index in [4.69, 9.17) is 9.47 Å². The van der Waals surface area contributed by atoms with E-state index in [9.17, 15) is 23.1 Å². The Bertz CT molecular complexity index is 1590. The standard InChI is InChI=1S/C33H37N3O7S/c37-32(38)29-13-6-16-36(29)44(40,41)28-12-4-7-23(19-28)22-42-27-11-5-10-26(20-27)31(25-8-2-1-3-9-25)34-33(39)43-30-21-35-17-14-24(30)15-18-35/h1-5,7-12,19-20,24,29-31H,6,13-18,21-22H2,(H,34,39)(H,37,38)/t29-,30-,31-/m0/s1. The van der Waals surface area contributed by atoms with Gasteiger partial charge in [0.1, 0.15) is 24.5 Å². The Morgan fingerprint density at radius 2 is 1.66 bits per heavy atom. The summed E-state index contributed by atoms with van der Waals surface area (Å²) in [5.74, 6) is -0.184. The highest BCUT2D eigenvalue weighted by molar-refractivity contribution is 7.89. The molecule has 0 aromatic heterocycles. The van der Waals surface area contributed by atoms with Gasteiger partial charge in [0.05, 0.1) is 10.9 Å². The Balaban J connectivity index is 1.15. The predicted molar refractivity (Wildman–Crippen MR) is 163 cm³/mol. The third-order valence-corrected chi connectivity index (χ3v) is 10.7. The minimum Gasteiger partial charge on any atom is -0.489 e. The number of rotatable bonds is 10. The number of carboxylic acids is 1. The first-order valence-corrected chi connectivity index (χ1v) is 16.5. The highest BCUT2D eigenvalue weighted by Gasteiger charge is 2.40. The molecule has 0 saturated carbocycles. The lowest BCUT2D eigenvalue weighted by Gasteiger charge is -2.43. The number of hydrogen-bond acceptors (Lipinski definition) is 7. The van der Waals surface area contributed by atoms with Crippen LogP contribution in [0.2, 0.25) is 0 Å². The summed E-state index contributed by atoms with van der Waals surface area (Å²) in [4.78, 5) is 27.1. The zero-order chi connectivity index (χ0) is 30.7. The molecular weight excluding hydrogens is 582 g/mol. The second-order valence-corrected chi connectivity index (χ2v) is 13.6. The van der Waals surface area contributed by atoms with Crippen LogP contribution in [-0.2, 0) is 26.2 Å². The van der Waals surface area contributed by atoms with E-state index in [1.54, 1.807) is 18.2 Å². The van der Waals surface area contributed by atoms with Gasteiger partial charge < -0.3 is 19.9 Å². The number of hydrogen-bond donors (Lipinski definition) is 2. The quantitative estimate of drug-likeness (QED) is 0.342. The average Bonchev–Trinajstić information content (AvgIpc) is 3.56. The Labute approximate surface area is 257 Å². The molecule has 3 aromatic carbocycles. The maximum atomic E-state index is 13.3. The van der Waals surface area contributed by atoms with Crippen molar-refractivity contribution in [3.05, 3.63) is 95.6 Å². The number of fused-ring (bicyclic) bond motifs is 3. The van der Waals surface area contributed by atoms with E-state index < -0.39 is 34.2 Å². The van der Waals surface area contributed by atoms with Crippen molar-refractivity contribution in [2.45, 2.75) is 55.4 Å². The van der Waals surface area contributed by atoms with Crippen LogP contribution in [-0.4, -0.2) is 73.1 Å². The molecule has 4 saturated heterocycles. The fourth-order valence-corrected chi connectivity index (χ4v) is 8.22. The molecule has 3 aromatic rings. The number of alkyl carbamates (subject to hydrolysis) is 1. The maximum absolute atomic E-state index is 13.3. The van der Waals surface area contributed by atoms with Crippen LogP contribution in [0.1, 0.15) is 48.4 Å². The molecule has 10 nitrogen and oxygen atoms in total. The minimum absolute atomic E-state index is 0.0374. The van der Waals surface area contributed by atoms with Gasteiger partial charge in [-0.05, 0) is 85.6 Å². The number of aliphatic carboxylic acids is 1. The van der Waals surface area contributed by atoms with E-state index in [0.29, 0.717) is 30.1 Å². The van der Waals surface area contributed by atoms with Crippen LogP contribution in [0.4, 0.5) is 4.79 Å². The zero-order valence-corrected chi connectivity index (χ0v) is 25.2. The normalized spacial score (nSPS) is 24.0. The van der Waals surface area contributed by atoms with Gasteiger partial charge in [-0.1, -0.05) is 54.6 Å². The molecule has 4 heterocycles. The highest BCUT2D eigenvalue weighted by atomic mass is 32.2. The van der Waals surface area contributed by atoms with Gasteiger partial charge in [-0.25, -0.2) is 13.2 Å². The van der Waals surface area contributed by atoms with Gasteiger partial charge in [-0.15, -0.1) is 0 Å². The van der Waals surface area contributed by atoms with Crippen LogP contribution < -0.4 is 10.1 Å². The molecule has 2 bridgehead atoms. The maximum Gasteiger partial charge on any atom is 0.408 e. The first kappa shape index (κ1) is 30.1. The third-order valence-electron chi connectivity index (χ3n) is 8.84. The zero-order valence-electron chi connectivity index (χ0n) is 24.4. The molecule has 0 spiro atoms. The van der Waals surface area contributed by atoms with Gasteiger partial charge in [0.2, 0.25) is 10.0 Å².